The molecular weight excluding hydrogens is 224 g/mol. The van der Waals surface area contributed by atoms with E-state index in [1.165, 1.54) is 11.1 Å². The van der Waals surface area contributed by atoms with Gasteiger partial charge in [0.2, 0.25) is 0 Å². The van der Waals surface area contributed by atoms with Crippen molar-refractivity contribution < 1.29 is 0 Å². The highest BCUT2D eigenvalue weighted by Crippen LogP contribution is 2.26. The number of hydrogen-bond acceptors (Lipinski definition) is 3. The van der Waals surface area contributed by atoms with Crippen LogP contribution in [0, 0.1) is 6.92 Å². The zero-order valence-corrected chi connectivity index (χ0v) is 11.2. The predicted molar refractivity (Wildman–Crippen MR) is 75.4 cm³/mol. The molecule has 4 nitrogen and oxygen atoms in total. The van der Waals surface area contributed by atoms with Gasteiger partial charge in [-0.25, -0.2) is 9.97 Å². The van der Waals surface area contributed by atoms with Gasteiger partial charge >= 0.3 is 0 Å². The first-order valence-corrected chi connectivity index (χ1v) is 6.55. The Morgan fingerprint density at radius 2 is 2.06 bits per heavy atom. The van der Waals surface area contributed by atoms with Crippen molar-refractivity contribution in [3.8, 4) is 0 Å². The third kappa shape index (κ3) is 2.29. The zero-order valence-electron chi connectivity index (χ0n) is 11.2. The normalized spacial score (nSPS) is 14.9. The lowest BCUT2D eigenvalue weighted by atomic mass is 10.0. The van der Waals surface area contributed by atoms with Gasteiger partial charge in [-0.2, -0.15) is 0 Å². The van der Waals surface area contributed by atoms with Gasteiger partial charge in [0.15, 0.2) is 0 Å². The lowest BCUT2D eigenvalue weighted by Crippen LogP contribution is -2.20. The maximum Gasteiger partial charge on any atom is 0.141 e. The molecule has 2 aromatic heterocycles. The summed E-state index contributed by atoms with van der Waals surface area (Å²) >= 11 is 0. The molecule has 0 unspecified atom stereocenters. The molecule has 0 atom stereocenters. The van der Waals surface area contributed by atoms with Gasteiger partial charge in [0.05, 0.1) is 5.69 Å². The number of nitrogens with zero attached hydrogens (tertiary/aromatic N) is 2. The van der Waals surface area contributed by atoms with E-state index in [9.17, 15) is 0 Å². The SMILES string of the molecule is CC.Cc1c[nH]c2ncnc(C3=CCNCC3)c12. The van der Waals surface area contributed by atoms with Gasteiger partial charge in [-0.05, 0) is 31.0 Å². The number of H-pyrrole nitrogens is 1. The Labute approximate surface area is 108 Å². The van der Waals surface area contributed by atoms with Crippen molar-refractivity contribution in [1.29, 1.82) is 0 Å². The fourth-order valence-electron chi connectivity index (χ4n) is 2.20. The summed E-state index contributed by atoms with van der Waals surface area (Å²) in [6, 6.07) is 0. The van der Waals surface area contributed by atoms with Crippen LogP contribution in [-0.2, 0) is 0 Å². The molecule has 2 aromatic rings. The van der Waals surface area contributed by atoms with Gasteiger partial charge in [-0.1, -0.05) is 19.9 Å². The molecule has 0 aliphatic carbocycles. The summed E-state index contributed by atoms with van der Waals surface area (Å²) in [6.07, 6.45) is 6.88. The van der Waals surface area contributed by atoms with E-state index >= 15 is 0 Å². The Morgan fingerprint density at radius 3 is 2.78 bits per heavy atom. The summed E-state index contributed by atoms with van der Waals surface area (Å²) in [5.41, 5.74) is 4.56. The third-order valence-corrected chi connectivity index (χ3v) is 3.04. The first-order chi connectivity index (χ1) is 8.86. The molecule has 1 aliphatic heterocycles. The fraction of sp³-hybridized carbons (Fsp3) is 0.429. The van der Waals surface area contributed by atoms with E-state index in [-0.39, 0.29) is 0 Å². The first-order valence-electron chi connectivity index (χ1n) is 6.55. The van der Waals surface area contributed by atoms with Crippen molar-refractivity contribution in [2.45, 2.75) is 27.2 Å². The highest BCUT2D eigenvalue weighted by atomic mass is 14.9. The van der Waals surface area contributed by atoms with Crippen LogP contribution in [0.15, 0.2) is 18.6 Å². The maximum absolute atomic E-state index is 4.44. The van der Waals surface area contributed by atoms with E-state index < -0.39 is 0 Å². The smallest absolute Gasteiger partial charge is 0.141 e. The molecular formula is C14H20N4. The van der Waals surface area contributed by atoms with Crippen molar-refractivity contribution >= 4 is 16.6 Å². The van der Waals surface area contributed by atoms with Crippen LogP contribution in [0.1, 0.15) is 31.5 Å². The number of fused-ring (bicyclic) bond motifs is 1. The Hall–Kier alpha value is -1.68. The van der Waals surface area contributed by atoms with Crippen LogP contribution in [0.2, 0.25) is 0 Å². The topological polar surface area (TPSA) is 53.6 Å². The van der Waals surface area contributed by atoms with E-state index in [4.69, 9.17) is 0 Å². The highest BCUT2D eigenvalue weighted by molar-refractivity contribution is 5.90. The minimum absolute atomic E-state index is 0.932. The second-order valence-corrected chi connectivity index (χ2v) is 4.10. The molecule has 0 saturated heterocycles. The fourth-order valence-corrected chi connectivity index (χ4v) is 2.20. The molecule has 0 bridgehead atoms. The molecule has 96 valence electrons. The van der Waals surface area contributed by atoms with E-state index in [1.54, 1.807) is 6.33 Å². The molecule has 0 aromatic carbocycles. The average molecular weight is 244 g/mol. The van der Waals surface area contributed by atoms with Gasteiger partial charge in [0, 0.05) is 18.1 Å². The predicted octanol–water partition coefficient (Wildman–Crippen LogP) is 2.67. The van der Waals surface area contributed by atoms with Crippen LogP contribution in [0.3, 0.4) is 0 Å². The second kappa shape index (κ2) is 5.78. The van der Waals surface area contributed by atoms with E-state index in [0.717, 1.165) is 36.2 Å². The number of aromatic nitrogens is 3. The van der Waals surface area contributed by atoms with Crippen LogP contribution in [0.25, 0.3) is 16.6 Å². The van der Waals surface area contributed by atoms with Gasteiger partial charge < -0.3 is 10.3 Å². The molecule has 0 amide bonds. The molecule has 3 rings (SSSR count). The lowest BCUT2D eigenvalue weighted by molar-refractivity contribution is 0.737. The zero-order chi connectivity index (χ0) is 13.0. The largest absolute Gasteiger partial charge is 0.346 e. The minimum atomic E-state index is 0.932. The standard InChI is InChI=1S/C12H14N4.C2H6/c1-8-6-14-12-10(8)11(15-7-16-12)9-2-4-13-5-3-9;1-2/h2,6-7,13H,3-5H2,1H3,(H,14,15,16);1-2H3. The van der Waals surface area contributed by atoms with Crippen LogP contribution in [-0.4, -0.2) is 28.0 Å². The van der Waals surface area contributed by atoms with Crippen molar-refractivity contribution in [2.75, 3.05) is 13.1 Å². The van der Waals surface area contributed by atoms with Crippen molar-refractivity contribution in [3.05, 3.63) is 29.9 Å². The van der Waals surface area contributed by atoms with Crippen molar-refractivity contribution in [3.63, 3.8) is 0 Å². The maximum atomic E-state index is 4.44. The summed E-state index contributed by atoms with van der Waals surface area (Å²) in [5.74, 6) is 0. The molecule has 0 fully saturated rings. The molecule has 3 heterocycles. The number of hydrogen-bond donors (Lipinski definition) is 2. The third-order valence-electron chi connectivity index (χ3n) is 3.04. The van der Waals surface area contributed by atoms with Gasteiger partial charge in [-0.3, -0.25) is 0 Å². The summed E-state index contributed by atoms with van der Waals surface area (Å²) in [5, 5.41) is 4.48. The minimum Gasteiger partial charge on any atom is -0.346 e. The van der Waals surface area contributed by atoms with Crippen molar-refractivity contribution in [1.82, 2.24) is 20.3 Å². The lowest BCUT2D eigenvalue weighted by Gasteiger charge is -2.14. The molecule has 0 radical (unpaired) electrons. The van der Waals surface area contributed by atoms with E-state index in [2.05, 4.69) is 33.3 Å². The summed E-state index contributed by atoms with van der Waals surface area (Å²) < 4.78 is 0. The molecule has 18 heavy (non-hydrogen) atoms. The Morgan fingerprint density at radius 1 is 1.22 bits per heavy atom. The molecule has 4 heteroatoms. The van der Waals surface area contributed by atoms with Gasteiger partial charge in [0.25, 0.3) is 0 Å². The Balaban J connectivity index is 0.000000574. The Kier molecular flexibility index (Phi) is 4.10. The molecule has 0 saturated carbocycles. The van der Waals surface area contributed by atoms with Gasteiger partial charge in [0.1, 0.15) is 12.0 Å². The highest BCUT2D eigenvalue weighted by Gasteiger charge is 2.13. The van der Waals surface area contributed by atoms with E-state index in [0.29, 0.717) is 0 Å². The number of rotatable bonds is 1. The van der Waals surface area contributed by atoms with Crippen LogP contribution >= 0.6 is 0 Å². The number of nitrogens with one attached hydrogen (secondary N) is 2. The van der Waals surface area contributed by atoms with Gasteiger partial charge in [-0.15, -0.1) is 0 Å². The summed E-state index contributed by atoms with van der Waals surface area (Å²) in [7, 11) is 0. The quantitative estimate of drug-likeness (QED) is 0.811. The van der Waals surface area contributed by atoms with Crippen LogP contribution in [0.4, 0.5) is 0 Å². The summed E-state index contributed by atoms with van der Waals surface area (Å²) in [4.78, 5) is 11.9. The number of aryl methyl sites for hydroxylation is 1. The van der Waals surface area contributed by atoms with E-state index in [1.807, 2.05) is 20.0 Å². The molecule has 2 N–H and O–H groups in total. The molecule has 1 aliphatic rings. The summed E-state index contributed by atoms with van der Waals surface area (Å²) in [6.45, 7) is 8.05. The number of aromatic amines is 1. The van der Waals surface area contributed by atoms with Crippen LogP contribution in [0.5, 0.6) is 0 Å². The monoisotopic (exact) mass is 244 g/mol. The first kappa shape index (κ1) is 12.8. The average Bonchev–Trinajstić information content (AvgIpc) is 2.84. The second-order valence-electron chi connectivity index (χ2n) is 4.10. The van der Waals surface area contributed by atoms with Crippen LogP contribution < -0.4 is 5.32 Å². The molecule has 0 spiro atoms. The Bertz CT molecular complexity index is 554. The van der Waals surface area contributed by atoms with Crippen molar-refractivity contribution in [2.24, 2.45) is 0 Å².